The molecule has 5 rings (SSSR count). The SMILES string of the molecule is CCN1CC2N(C(=O)[C@]3(C)CC[C@@H](C(=O)O)CC3)CCC2(Cc2ccc(F)cc2)c2ccc(C(C)(F)C(F)(F)F)cc21. The Hall–Kier alpha value is -3.17. The fourth-order valence-corrected chi connectivity index (χ4v) is 7.38. The summed E-state index contributed by atoms with van der Waals surface area (Å²) < 4.78 is 69.9. The maximum absolute atomic E-state index is 15.1. The molecule has 1 amide bonds. The number of hydrogen-bond donors (Lipinski definition) is 1. The average Bonchev–Trinajstić information content (AvgIpc) is 3.31. The van der Waals surface area contributed by atoms with Crippen LogP contribution in [0.3, 0.4) is 0 Å². The van der Waals surface area contributed by atoms with Crippen LogP contribution in [0.4, 0.5) is 27.6 Å². The van der Waals surface area contributed by atoms with Crippen LogP contribution in [0.25, 0.3) is 0 Å². The maximum atomic E-state index is 15.1. The number of anilines is 1. The molecule has 10 heteroatoms. The maximum Gasteiger partial charge on any atom is 0.426 e. The number of hydrogen-bond acceptors (Lipinski definition) is 3. The normalized spacial score (nSPS) is 29.0. The predicted octanol–water partition coefficient (Wildman–Crippen LogP) is 6.78. The minimum absolute atomic E-state index is 0.0400. The largest absolute Gasteiger partial charge is 0.481 e. The Morgan fingerprint density at radius 1 is 1.02 bits per heavy atom. The van der Waals surface area contributed by atoms with E-state index in [2.05, 4.69) is 0 Å². The lowest BCUT2D eigenvalue weighted by Crippen LogP contribution is -2.58. The average molecular weight is 593 g/mol. The first-order valence-corrected chi connectivity index (χ1v) is 14.6. The van der Waals surface area contributed by atoms with Crippen molar-refractivity contribution < 1.29 is 36.6 Å². The third-order valence-corrected chi connectivity index (χ3v) is 10.2. The van der Waals surface area contributed by atoms with Gasteiger partial charge in [0.15, 0.2) is 0 Å². The Balaban J connectivity index is 1.58. The van der Waals surface area contributed by atoms with Gasteiger partial charge in [0.1, 0.15) is 5.82 Å². The molecule has 2 aliphatic heterocycles. The molecule has 2 aromatic rings. The summed E-state index contributed by atoms with van der Waals surface area (Å²) in [6.45, 7) is 5.51. The van der Waals surface area contributed by atoms with Crippen molar-refractivity contribution in [2.75, 3.05) is 24.5 Å². The van der Waals surface area contributed by atoms with E-state index in [9.17, 15) is 32.3 Å². The van der Waals surface area contributed by atoms with Gasteiger partial charge in [-0.25, -0.2) is 8.78 Å². The Bertz CT molecular complexity index is 1350. The molecule has 2 heterocycles. The molecule has 3 unspecified atom stereocenters. The predicted molar refractivity (Wildman–Crippen MR) is 148 cm³/mol. The smallest absolute Gasteiger partial charge is 0.426 e. The van der Waals surface area contributed by atoms with Crippen molar-refractivity contribution in [1.29, 1.82) is 0 Å². The van der Waals surface area contributed by atoms with Crippen LogP contribution in [0.5, 0.6) is 0 Å². The second-order valence-corrected chi connectivity index (χ2v) is 12.7. The topological polar surface area (TPSA) is 60.9 Å². The van der Waals surface area contributed by atoms with Crippen molar-refractivity contribution in [3.05, 3.63) is 65.0 Å². The van der Waals surface area contributed by atoms with Gasteiger partial charge in [-0.3, -0.25) is 9.59 Å². The summed E-state index contributed by atoms with van der Waals surface area (Å²) in [5.41, 5.74) is -3.32. The Kier molecular flexibility index (Phi) is 7.59. The molecular formula is C32H37F5N2O3. The highest BCUT2D eigenvalue weighted by molar-refractivity contribution is 5.84. The number of likely N-dealkylation sites (tertiary alicyclic amines) is 1. The van der Waals surface area contributed by atoms with Crippen molar-refractivity contribution in [1.82, 2.24) is 4.90 Å². The molecule has 0 radical (unpaired) electrons. The van der Waals surface area contributed by atoms with Gasteiger partial charge in [-0.2, -0.15) is 13.2 Å². The van der Waals surface area contributed by atoms with Gasteiger partial charge in [0.25, 0.3) is 0 Å². The lowest BCUT2D eigenvalue weighted by Gasteiger charge is -2.49. The lowest BCUT2D eigenvalue weighted by atomic mass is 9.66. The van der Waals surface area contributed by atoms with Gasteiger partial charge in [0.2, 0.25) is 11.6 Å². The van der Waals surface area contributed by atoms with E-state index in [-0.39, 0.29) is 17.8 Å². The van der Waals surface area contributed by atoms with E-state index in [1.54, 1.807) is 18.2 Å². The monoisotopic (exact) mass is 592 g/mol. The molecule has 1 saturated carbocycles. The van der Waals surface area contributed by atoms with Crippen LogP contribution in [0.15, 0.2) is 42.5 Å². The van der Waals surface area contributed by atoms with E-state index in [0.717, 1.165) is 11.1 Å². The number of aliphatic carboxylic acids is 1. The molecule has 42 heavy (non-hydrogen) atoms. The number of carbonyl (C=O) groups is 2. The first-order valence-electron chi connectivity index (χ1n) is 14.6. The standard InChI is InChI=1S/C32H37F5N2O3/c1-4-38-19-26-31(18-20-5-8-23(33)9-6-20,24-10-7-22(17-25(24)38)30(3,34)32(35,36)37)15-16-39(26)28(42)29(2)13-11-21(12-14-29)27(40)41/h5-10,17,21,26H,4,11-16,18-19H2,1-3H3,(H,40,41)/t21-,26?,29-,30?,31?. The quantitative estimate of drug-likeness (QED) is 0.376. The molecule has 228 valence electrons. The number of benzene rings is 2. The van der Waals surface area contributed by atoms with Crippen LogP contribution in [0.1, 0.15) is 69.6 Å². The van der Waals surface area contributed by atoms with Gasteiger partial charge in [-0.05, 0) is 81.7 Å². The van der Waals surface area contributed by atoms with Crippen molar-refractivity contribution in [3.8, 4) is 0 Å². The fraction of sp³-hybridized carbons (Fsp3) is 0.562. The Morgan fingerprint density at radius 3 is 2.24 bits per heavy atom. The molecule has 1 saturated heterocycles. The van der Waals surface area contributed by atoms with Crippen molar-refractivity contribution >= 4 is 17.6 Å². The van der Waals surface area contributed by atoms with Gasteiger partial charge in [-0.1, -0.05) is 31.2 Å². The lowest BCUT2D eigenvalue weighted by molar-refractivity contribution is -0.228. The summed E-state index contributed by atoms with van der Waals surface area (Å²) >= 11 is 0. The molecule has 3 aliphatic rings. The molecule has 0 spiro atoms. The summed E-state index contributed by atoms with van der Waals surface area (Å²) in [4.78, 5) is 29.6. The molecule has 0 bridgehead atoms. The van der Waals surface area contributed by atoms with Crippen LogP contribution in [0, 0.1) is 17.2 Å². The number of alkyl halides is 4. The highest BCUT2D eigenvalue weighted by Crippen LogP contribution is 2.53. The zero-order valence-electron chi connectivity index (χ0n) is 24.1. The number of likely N-dealkylation sites (N-methyl/N-ethyl adjacent to an activating group) is 1. The summed E-state index contributed by atoms with van der Waals surface area (Å²) in [5, 5.41) is 9.46. The molecule has 5 nitrogen and oxygen atoms in total. The van der Waals surface area contributed by atoms with E-state index in [0.29, 0.717) is 70.8 Å². The second-order valence-electron chi connectivity index (χ2n) is 12.7. The van der Waals surface area contributed by atoms with Crippen LogP contribution in [0.2, 0.25) is 0 Å². The number of rotatable bonds is 6. The number of fused-ring (bicyclic) bond motifs is 3. The molecule has 1 aliphatic carbocycles. The molecule has 2 fully saturated rings. The van der Waals surface area contributed by atoms with Crippen molar-refractivity contribution in [3.63, 3.8) is 0 Å². The van der Waals surface area contributed by atoms with Crippen molar-refractivity contribution in [2.45, 2.75) is 82.6 Å². The van der Waals surface area contributed by atoms with Gasteiger partial charge in [-0.15, -0.1) is 0 Å². The number of amides is 1. The highest BCUT2D eigenvalue weighted by atomic mass is 19.4. The number of halogens is 5. The molecule has 3 atom stereocenters. The molecule has 0 aromatic heterocycles. The number of carboxylic acid groups (broad SMARTS) is 1. The highest BCUT2D eigenvalue weighted by Gasteiger charge is 2.58. The first-order chi connectivity index (χ1) is 19.6. The fourth-order valence-electron chi connectivity index (χ4n) is 7.38. The zero-order chi connectivity index (χ0) is 30.7. The third kappa shape index (κ3) is 4.94. The summed E-state index contributed by atoms with van der Waals surface area (Å²) in [6, 6.07) is 9.85. The van der Waals surface area contributed by atoms with Gasteiger partial charge < -0.3 is 14.9 Å². The summed E-state index contributed by atoms with van der Waals surface area (Å²) in [7, 11) is 0. The van der Waals surface area contributed by atoms with E-state index in [4.69, 9.17) is 0 Å². The van der Waals surface area contributed by atoms with E-state index < -0.39 is 40.1 Å². The minimum Gasteiger partial charge on any atom is -0.481 e. The van der Waals surface area contributed by atoms with Gasteiger partial charge in [0, 0.05) is 41.7 Å². The van der Waals surface area contributed by atoms with Crippen molar-refractivity contribution in [2.24, 2.45) is 11.3 Å². The Labute approximate surface area is 242 Å². The number of carboxylic acids is 1. The van der Waals surface area contributed by atoms with E-state index in [1.807, 2.05) is 23.6 Å². The van der Waals surface area contributed by atoms with Gasteiger partial charge >= 0.3 is 12.1 Å². The molecule has 2 aromatic carbocycles. The van der Waals surface area contributed by atoms with Crippen LogP contribution in [-0.4, -0.2) is 53.7 Å². The van der Waals surface area contributed by atoms with Crippen LogP contribution in [-0.2, 0) is 27.1 Å². The van der Waals surface area contributed by atoms with Crippen LogP contribution >= 0.6 is 0 Å². The minimum atomic E-state index is -5.09. The summed E-state index contributed by atoms with van der Waals surface area (Å²) in [5.74, 6) is -1.74. The number of nitrogens with zero attached hydrogens (tertiary/aromatic N) is 2. The molecule has 1 N–H and O–H groups in total. The van der Waals surface area contributed by atoms with E-state index in [1.165, 1.54) is 24.3 Å². The third-order valence-electron chi connectivity index (χ3n) is 10.2. The van der Waals surface area contributed by atoms with Gasteiger partial charge in [0.05, 0.1) is 12.0 Å². The number of carbonyl (C=O) groups excluding carboxylic acids is 1. The first kappa shape index (κ1) is 30.3. The van der Waals surface area contributed by atoms with Crippen LogP contribution < -0.4 is 4.90 Å². The summed E-state index contributed by atoms with van der Waals surface area (Å²) in [6.07, 6.45) is -2.37. The van der Waals surface area contributed by atoms with E-state index >= 15 is 4.39 Å². The Morgan fingerprint density at radius 2 is 1.67 bits per heavy atom. The zero-order valence-corrected chi connectivity index (χ0v) is 24.1. The second kappa shape index (κ2) is 10.5. The molecular weight excluding hydrogens is 555 g/mol.